The molecule has 0 N–H and O–H groups in total. The van der Waals surface area contributed by atoms with E-state index in [1.54, 1.807) is 0 Å². The van der Waals surface area contributed by atoms with Crippen LogP contribution in [-0.2, 0) is 9.05 Å². The van der Waals surface area contributed by atoms with Crippen LogP contribution in [-0.4, -0.2) is 19.0 Å². The van der Waals surface area contributed by atoms with Gasteiger partial charge in [0.2, 0.25) is 7.58 Å². The number of hydrogen-bond acceptors (Lipinski definition) is 3. The van der Waals surface area contributed by atoms with Crippen molar-refractivity contribution in [3.05, 3.63) is 0 Å². The molecule has 2 nitrogen and oxygen atoms in total. The second-order valence-electron chi connectivity index (χ2n) is 9.09. The zero-order valence-electron chi connectivity index (χ0n) is 21.6. The Morgan fingerprint density at radius 3 is 1.13 bits per heavy atom. The van der Waals surface area contributed by atoms with E-state index in [-0.39, 0.29) is 0 Å². The van der Waals surface area contributed by atoms with Crippen LogP contribution >= 0.6 is 19.0 Å². The Bertz CT molecular complexity index is 270. The first kappa shape index (κ1) is 31.7. The Balaban J connectivity index is 3.82. The average Bonchev–Trinajstić information content (AvgIpc) is 2.78. The predicted molar refractivity (Wildman–Crippen MR) is 145 cm³/mol. The molecule has 0 aliphatic heterocycles. The Morgan fingerprint density at radius 2 is 0.742 bits per heavy atom. The zero-order valence-corrected chi connectivity index (χ0v) is 23.4. The summed E-state index contributed by atoms with van der Waals surface area (Å²) in [6, 6.07) is 0. The third-order valence-electron chi connectivity index (χ3n) is 5.83. The van der Waals surface area contributed by atoms with Crippen LogP contribution in [0.4, 0.5) is 0 Å². The van der Waals surface area contributed by atoms with Gasteiger partial charge in [0.15, 0.2) is 0 Å². The van der Waals surface area contributed by atoms with Crippen LogP contribution in [0.2, 0.25) is 0 Å². The molecular formula is C27H57O2PS. The van der Waals surface area contributed by atoms with Crippen LogP contribution < -0.4 is 0 Å². The van der Waals surface area contributed by atoms with Crippen molar-refractivity contribution in [2.45, 2.75) is 156 Å². The van der Waals surface area contributed by atoms with Crippen LogP contribution in [0, 0.1) is 0 Å². The van der Waals surface area contributed by atoms with Crippen LogP contribution in [0.5, 0.6) is 0 Å². The van der Waals surface area contributed by atoms with Crippen molar-refractivity contribution in [3.63, 3.8) is 0 Å². The molecule has 0 fully saturated rings. The highest BCUT2D eigenvalue weighted by atomic mass is 32.7. The molecule has 0 spiro atoms. The minimum absolute atomic E-state index is 0.735. The van der Waals surface area contributed by atoms with Crippen molar-refractivity contribution in [1.82, 2.24) is 0 Å². The maximum atomic E-state index is 6.19. The molecule has 0 bridgehead atoms. The summed E-state index contributed by atoms with van der Waals surface area (Å²) in [6.07, 6.45) is 28.5. The van der Waals surface area contributed by atoms with E-state index in [0.717, 1.165) is 13.2 Å². The van der Waals surface area contributed by atoms with E-state index >= 15 is 0 Å². The van der Waals surface area contributed by atoms with E-state index in [0.29, 0.717) is 0 Å². The zero-order chi connectivity index (χ0) is 22.7. The van der Waals surface area contributed by atoms with Crippen LogP contribution in [0.1, 0.15) is 156 Å². The number of unbranched alkanes of at least 4 members (excludes halogenated alkanes) is 18. The van der Waals surface area contributed by atoms with Crippen molar-refractivity contribution in [2.24, 2.45) is 0 Å². The maximum absolute atomic E-state index is 6.19. The first-order valence-corrected chi connectivity index (χ1v) is 16.8. The molecule has 0 saturated heterocycles. The van der Waals surface area contributed by atoms with Crippen molar-refractivity contribution in [3.8, 4) is 0 Å². The highest BCUT2D eigenvalue weighted by Crippen LogP contribution is 2.52. The fourth-order valence-electron chi connectivity index (χ4n) is 3.71. The first-order valence-electron chi connectivity index (χ1n) is 14.0. The highest BCUT2D eigenvalue weighted by molar-refractivity contribution is 8.52. The van der Waals surface area contributed by atoms with Crippen LogP contribution in [0.3, 0.4) is 0 Å². The van der Waals surface area contributed by atoms with Gasteiger partial charge in [-0.2, -0.15) is 0 Å². The van der Waals surface area contributed by atoms with E-state index < -0.39 is 7.58 Å². The molecule has 0 aliphatic rings. The van der Waals surface area contributed by atoms with Gasteiger partial charge in [0.05, 0.1) is 13.2 Å². The molecule has 0 aromatic rings. The van der Waals surface area contributed by atoms with Gasteiger partial charge in [-0.15, -0.1) is 0 Å². The summed E-state index contributed by atoms with van der Waals surface area (Å²) in [4.78, 5) is 0. The standard InChI is InChI=1S/C27H57O2PS/c1-4-7-10-13-16-19-22-25-28-30(29-26-23-20-17-14-11-8-5-2)31-27-24-21-18-15-12-9-6-3/h4-27H2,1-3H3. The maximum Gasteiger partial charge on any atom is 0.238 e. The van der Waals surface area contributed by atoms with Gasteiger partial charge in [-0.05, 0) is 19.3 Å². The van der Waals surface area contributed by atoms with E-state index in [1.165, 1.54) is 141 Å². The van der Waals surface area contributed by atoms with Crippen molar-refractivity contribution in [2.75, 3.05) is 19.0 Å². The molecule has 188 valence electrons. The molecule has 0 rings (SSSR count). The molecule has 0 radical (unpaired) electrons. The van der Waals surface area contributed by atoms with Crippen molar-refractivity contribution < 1.29 is 9.05 Å². The molecule has 0 aliphatic carbocycles. The van der Waals surface area contributed by atoms with Crippen molar-refractivity contribution in [1.29, 1.82) is 0 Å². The van der Waals surface area contributed by atoms with Gasteiger partial charge >= 0.3 is 0 Å². The van der Waals surface area contributed by atoms with Gasteiger partial charge < -0.3 is 9.05 Å². The molecule has 31 heavy (non-hydrogen) atoms. The smallest absolute Gasteiger partial charge is 0.238 e. The van der Waals surface area contributed by atoms with Crippen LogP contribution in [0.15, 0.2) is 0 Å². The Labute approximate surface area is 202 Å². The lowest BCUT2D eigenvalue weighted by molar-refractivity contribution is 0.251. The Morgan fingerprint density at radius 1 is 0.419 bits per heavy atom. The largest absolute Gasteiger partial charge is 0.326 e. The fraction of sp³-hybridized carbons (Fsp3) is 1.00. The van der Waals surface area contributed by atoms with Gasteiger partial charge in [-0.1, -0.05) is 148 Å². The second-order valence-corrected chi connectivity index (χ2v) is 12.4. The Hall–Kier alpha value is 0.700. The van der Waals surface area contributed by atoms with E-state index in [9.17, 15) is 0 Å². The first-order chi connectivity index (χ1) is 15.3. The number of hydrogen-bond donors (Lipinski definition) is 0. The van der Waals surface area contributed by atoms with E-state index in [1.807, 2.05) is 11.4 Å². The van der Waals surface area contributed by atoms with Crippen LogP contribution in [0.25, 0.3) is 0 Å². The van der Waals surface area contributed by atoms with Crippen molar-refractivity contribution >= 4 is 19.0 Å². The van der Waals surface area contributed by atoms with Gasteiger partial charge in [-0.3, -0.25) is 0 Å². The summed E-state index contributed by atoms with van der Waals surface area (Å²) in [5, 5.41) is 0. The molecule has 0 atom stereocenters. The van der Waals surface area contributed by atoms with E-state index in [2.05, 4.69) is 20.8 Å². The molecule has 0 saturated carbocycles. The minimum atomic E-state index is -0.735. The second kappa shape index (κ2) is 28.7. The SMILES string of the molecule is CCCCCCCCCOP(OCCCCCCCCC)SCCCCCCCCC. The third kappa shape index (κ3) is 26.8. The normalized spacial score (nSPS) is 11.6. The summed E-state index contributed by atoms with van der Waals surface area (Å²) in [5.41, 5.74) is 0. The van der Waals surface area contributed by atoms with Gasteiger partial charge in [0, 0.05) is 5.75 Å². The molecule has 0 aromatic heterocycles. The summed E-state index contributed by atoms with van der Waals surface area (Å²) in [7, 11) is -0.735. The monoisotopic (exact) mass is 476 g/mol. The van der Waals surface area contributed by atoms with Gasteiger partial charge in [0.1, 0.15) is 0 Å². The third-order valence-corrected chi connectivity index (χ3v) is 9.12. The average molecular weight is 477 g/mol. The predicted octanol–water partition coefficient (Wildman–Crippen LogP) is 11.2. The highest BCUT2D eigenvalue weighted by Gasteiger charge is 2.11. The van der Waals surface area contributed by atoms with Gasteiger partial charge in [0.25, 0.3) is 0 Å². The Kier molecular flexibility index (Phi) is 29.4. The summed E-state index contributed by atoms with van der Waals surface area (Å²) in [6.45, 7) is 8.64. The molecule has 0 unspecified atom stereocenters. The fourth-order valence-corrected chi connectivity index (χ4v) is 6.70. The summed E-state index contributed by atoms with van der Waals surface area (Å²) in [5.74, 6) is 1.20. The molecule has 0 heterocycles. The summed E-state index contributed by atoms with van der Waals surface area (Å²) >= 11 is 1.96. The molecular weight excluding hydrogens is 419 g/mol. The summed E-state index contributed by atoms with van der Waals surface area (Å²) < 4.78 is 12.4. The number of rotatable bonds is 27. The molecule has 0 amide bonds. The minimum Gasteiger partial charge on any atom is -0.326 e. The molecule has 4 heteroatoms. The topological polar surface area (TPSA) is 18.5 Å². The lowest BCUT2D eigenvalue weighted by Gasteiger charge is -2.17. The van der Waals surface area contributed by atoms with Gasteiger partial charge in [-0.25, -0.2) is 0 Å². The lowest BCUT2D eigenvalue weighted by Crippen LogP contribution is -1.95. The molecule has 0 aromatic carbocycles. The quantitative estimate of drug-likeness (QED) is 0.0867. The van der Waals surface area contributed by atoms with E-state index in [4.69, 9.17) is 9.05 Å². The lowest BCUT2D eigenvalue weighted by atomic mass is 10.1.